The number of nitrogens with zero attached hydrogens (tertiary/aromatic N) is 1. The number of carboxylic acid groups (broad SMARTS) is 1. The first-order valence-electron chi connectivity index (χ1n) is 7.61. The van der Waals surface area contributed by atoms with Gasteiger partial charge in [-0.1, -0.05) is 32.9 Å². The topological polar surface area (TPSA) is 66.8 Å². The Hall–Kier alpha value is -2.04. The predicted molar refractivity (Wildman–Crippen MR) is 82.9 cm³/mol. The van der Waals surface area contributed by atoms with Crippen LogP contribution >= 0.6 is 0 Å². The van der Waals surface area contributed by atoms with E-state index in [9.17, 15) is 9.59 Å². The average Bonchev–Trinajstić information content (AvgIpc) is 2.87. The molecule has 120 valence electrons. The fourth-order valence-electron chi connectivity index (χ4n) is 2.68. The van der Waals surface area contributed by atoms with Crippen LogP contribution in [-0.2, 0) is 9.59 Å². The molecule has 0 radical (unpaired) electrons. The monoisotopic (exact) mass is 305 g/mol. The van der Waals surface area contributed by atoms with E-state index in [-0.39, 0.29) is 25.0 Å². The van der Waals surface area contributed by atoms with Gasteiger partial charge in [0.15, 0.2) is 6.61 Å². The van der Waals surface area contributed by atoms with E-state index in [1.54, 1.807) is 4.90 Å². The highest BCUT2D eigenvalue weighted by Gasteiger charge is 2.36. The van der Waals surface area contributed by atoms with Crippen molar-refractivity contribution in [3.05, 3.63) is 29.8 Å². The van der Waals surface area contributed by atoms with Crippen molar-refractivity contribution in [3.8, 4) is 5.75 Å². The fraction of sp³-hybridized carbons (Fsp3) is 0.529. The Labute approximate surface area is 130 Å². The van der Waals surface area contributed by atoms with Crippen molar-refractivity contribution in [1.29, 1.82) is 0 Å². The Bertz CT molecular complexity index is 538. The molecule has 0 aromatic heterocycles. The second kappa shape index (κ2) is 6.81. The molecule has 22 heavy (non-hydrogen) atoms. The van der Waals surface area contributed by atoms with E-state index in [0.717, 1.165) is 0 Å². The molecule has 1 N–H and O–H groups in total. The molecule has 1 saturated heterocycles. The number of carboxylic acids is 1. The molecule has 1 aromatic rings. The van der Waals surface area contributed by atoms with E-state index in [2.05, 4.69) is 13.8 Å². The summed E-state index contributed by atoms with van der Waals surface area (Å²) in [6, 6.07) is 7.69. The van der Waals surface area contributed by atoms with Crippen LogP contribution in [0.5, 0.6) is 5.75 Å². The number of carbonyl (C=O) groups excluding carboxylic acids is 1. The summed E-state index contributed by atoms with van der Waals surface area (Å²) < 4.78 is 5.51. The Kier molecular flexibility index (Phi) is 5.06. The summed E-state index contributed by atoms with van der Waals surface area (Å²) >= 11 is 0. The van der Waals surface area contributed by atoms with Crippen LogP contribution in [-0.4, -0.2) is 41.6 Å². The first-order valence-corrected chi connectivity index (χ1v) is 7.61. The maximum absolute atomic E-state index is 12.1. The van der Waals surface area contributed by atoms with E-state index in [1.165, 1.54) is 5.56 Å². The van der Waals surface area contributed by atoms with Gasteiger partial charge in [-0.3, -0.25) is 9.59 Å². The van der Waals surface area contributed by atoms with Crippen LogP contribution in [0.15, 0.2) is 24.3 Å². The van der Waals surface area contributed by atoms with Gasteiger partial charge in [0.25, 0.3) is 5.91 Å². The molecule has 0 unspecified atom stereocenters. The van der Waals surface area contributed by atoms with Crippen LogP contribution in [0.25, 0.3) is 0 Å². The molecule has 0 aliphatic carbocycles. The SMILES string of the molecule is CC(C)c1ccc(OCC(=O)N2C[C@@H](C)[C@H](C(=O)O)C2)cc1. The van der Waals surface area contributed by atoms with Gasteiger partial charge in [-0.25, -0.2) is 0 Å². The van der Waals surface area contributed by atoms with Crippen molar-refractivity contribution in [1.82, 2.24) is 4.90 Å². The van der Waals surface area contributed by atoms with Gasteiger partial charge >= 0.3 is 5.97 Å². The molecular weight excluding hydrogens is 282 g/mol. The smallest absolute Gasteiger partial charge is 0.308 e. The number of carbonyl (C=O) groups is 2. The second-order valence-corrected chi connectivity index (χ2v) is 6.23. The molecule has 1 heterocycles. The zero-order chi connectivity index (χ0) is 16.3. The van der Waals surface area contributed by atoms with E-state index >= 15 is 0 Å². The Balaban J connectivity index is 1.87. The molecule has 0 saturated carbocycles. The quantitative estimate of drug-likeness (QED) is 0.907. The molecular formula is C17H23NO4. The summed E-state index contributed by atoms with van der Waals surface area (Å²) in [7, 11) is 0. The largest absolute Gasteiger partial charge is 0.484 e. The summed E-state index contributed by atoms with van der Waals surface area (Å²) in [6.07, 6.45) is 0. The predicted octanol–water partition coefficient (Wildman–Crippen LogP) is 2.37. The number of aliphatic carboxylic acids is 1. The number of likely N-dealkylation sites (tertiary alicyclic amines) is 1. The lowest BCUT2D eigenvalue weighted by molar-refractivity contribution is -0.142. The highest BCUT2D eigenvalue weighted by molar-refractivity contribution is 5.80. The summed E-state index contributed by atoms with van der Waals surface area (Å²) in [5.74, 6) is -0.396. The number of hydrogen-bond donors (Lipinski definition) is 1. The van der Waals surface area contributed by atoms with Gasteiger partial charge < -0.3 is 14.7 Å². The van der Waals surface area contributed by atoms with Crippen LogP contribution in [0.3, 0.4) is 0 Å². The van der Waals surface area contributed by atoms with E-state index in [0.29, 0.717) is 18.2 Å². The normalized spacial score (nSPS) is 21.2. The van der Waals surface area contributed by atoms with Gasteiger partial charge in [-0.2, -0.15) is 0 Å². The lowest BCUT2D eigenvalue weighted by atomic mass is 9.99. The number of hydrogen-bond acceptors (Lipinski definition) is 3. The summed E-state index contributed by atoms with van der Waals surface area (Å²) in [5, 5.41) is 9.09. The van der Waals surface area contributed by atoms with Gasteiger partial charge in [0.1, 0.15) is 5.75 Å². The lowest BCUT2D eigenvalue weighted by Crippen LogP contribution is -2.33. The van der Waals surface area contributed by atoms with Crippen molar-refractivity contribution in [2.24, 2.45) is 11.8 Å². The fourth-order valence-corrected chi connectivity index (χ4v) is 2.68. The van der Waals surface area contributed by atoms with Crippen molar-refractivity contribution in [3.63, 3.8) is 0 Å². The Morgan fingerprint density at radius 3 is 2.41 bits per heavy atom. The lowest BCUT2D eigenvalue weighted by Gasteiger charge is -2.16. The van der Waals surface area contributed by atoms with E-state index < -0.39 is 11.9 Å². The molecule has 1 aromatic carbocycles. The number of benzene rings is 1. The average molecular weight is 305 g/mol. The van der Waals surface area contributed by atoms with Crippen LogP contribution in [0.4, 0.5) is 0 Å². The number of ether oxygens (including phenoxy) is 1. The summed E-state index contributed by atoms with van der Waals surface area (Å²) in [4.78, 5) is 24.8. The molecule has 0 spiro atoms. The van der Waals surface area contributed by atoms with Crippen LogP contribution < -0.4 is 4.74 Å². The third-order valence-electron chi connectivity index (χ3n) is 4.19. The van der Waals surface area contributed by atoms with Crippen LogP contribution in [0, 0.1) is 11.8 Å². The van der Waals surface area contributed by atoms with Gasteiger partial charge in [-0.05, 0) is 29.5 Å². The third-order valence-corrected chi connectivity index (χ3v) is 4.19. The molecule has 5 heteroatoms. The van der Waals surface area contributed by atoms with Gasteiger partial charge in [0, 0.05) is 13.1 Å². The molecule has 2 atom stereocenters. The third kappa shape index (κ3) is 3.78. The minimum Gasteiger partial charge on any atom is -0.484 e. The van der Waals surface area contributed by atoms with Crippen molar-refractivity contribution >= 4 is 11.9 Å². The maximum Gasteiger partial charge on any atom is 0.308 e. The van der Waals surface area contributed by atoms with E-state index in [4.69, 9.17) is 9.84 Å². The van der Waals surface area contributed by atoms with E-state index in [1.807, 2.05) is 31.2 Å². The zero-order valence-electron chi connectivity index (χ0n) is 13.3. The summed E-state index contributed by atoms with van der Waals surface area (Å²) in [6.45, 7) is 6.79. The standard InChI is InChI=1S/C17H23NO4/c1-11(2)13-4-6-14(7-5-13)22-10-16(19)18-8-12(3)15(9-18)17(20)21/h4-7,11-12,15H,8-10H2,1-3H3,(H,20,21)/t12-,15-/m1/s1. The molecule has 2 rings (SSSR count). The van der Waals surface area contributed by atoms with Crippen LogP contribution in [0.1, 0.15) is 32.3 Å². The van der Waals surface area contributed by atoms with Gasteiger partial charge in [0.05, 0.1) is 5.92 Å². The minimum atomic E-state index is -0.840. The molecule has 0 bridgehead atoms. The number of rotatable bonds is 5. The first kappa shape index (κ1) is 16.3. The highest BCUT2D eigenvalue weighted by Crippen LogP contribution is 2.23. The van der Waals surface area contributed by atoms with Crippen LogP contribution in [0.2, 0.25) is 0 Å². The molecule has 5 nitrogen and oxygen atoms in total. The molecule has 1 fully saturated rings. The molecule has 1 aliphatic heterocycles. The Morgan fingerprint density at radius 1 is 1.27 bits per heavy atom. The summed E-state index contributed by atoms with van der Waals surface area (Å²) in [5.41, 5.74) is 1.22. The van der Waals surface area contributed by atoms with Crippen molar-refractivity contribution in [2.75, 3.05) is 19.7 Å². The Morgan fingerprint density at radius 2 is 1.91 bits per heavy atom. The zero-order valence-corrected chi connectivity index (χ0v) is 13.3. The second-order valence-electron chi connectivity index (χ2n) is 6.23. The number of amides is 1. The maximum atomic E-state index is 12.1. The van der Waals surface area contributed by atoms with Gasteiger partial charge in [0.2, 0.25) is 0 Å². The highest BCUT2D eigenvalue weighted by atomic mass is 16.5. The molecule has 1 amide bonds. The minimum absolute atomic E-state index is 0.0215. The van der Waals surface area contributed by atoms with Gasteiger partial charge in [-0.15, -0.1) is 0 Å². The molecule has 1 aliphatic rings. The van der Waals surface area contributed by atoms with Crippen molar-refractivity contribution in [2.45, 2.75) is 26.7 Å². The van der Waals surface area contributed by atoms with Crippen molar-refractivity contribution < 1.29 is 19.4 Å². The first-order chi connectivity index (χ1) is 10.4.